The average molecular weight is 270 g/mol. The Morgan fingerprint density at radius 3 is 2.12 bits per heavy atom. The molecule has 1 aromatic carbocycles. The quantitative estimate of drug-likeness (QED) is 0.261. The van der Waals surface area contributed by atoms with Crippen LogP contribution in [0.4, 0.5) is 4.79 Å². The van der Waals surface area contributed by atoms with Gasteiger partial charge in [0.15, 0.2) is 0 Å². The SMILES string of the molecule is COC(=O)Oc1ccc(S(=O)(=O)[O-])cc1.[K+]. The molecule has 0 radical (unpaired) electrons. The van der Waals surface area contributed by atoms with Gasteiger partial charge in [-0.15, -0.1) is 0 Å². The molecule has 6 nitrogen and oxygen atoms in total. The van der Waals surface area contributed by atoms with Crippen molar-refractivity contribution < 1.29 is 78.6 Å². The molecule has 0 aromatic heterocycles. The fourth-order valence-corrected chi connectivity index (χ4v) is 1.28. The second-order valence-electron chi connectivity index (χ2n) is 2.48. The summed E-state index contributed by atoms with van der Waals surface area (Å²) in [7, 11) is -3.34. The van der Waals surface area contributed by atoms with Crippen LogP contribution in [0.15, 0.2) is 29.2 Å². The molecule has 0 atom stereocenters. The summed E-state index contributed by atoms with van der Waals surface area (Å²) >= 11 is 0. The maximum atomic E-state index is 10.6. The van der Waals surface area contributed by atoms with E-state index in [4.69, 9.17) is 0 Å². The van der Waals surface area contributed by atoms with Crippen LogP contribution in [0.3, 0.4) is 0 Å². The molecule has 0 fully saturated rings. The summed E-state index contributed by atoms with van der Waals surface area (Å²) in [5, 5.41) is 0. The molecule has 0 N–H and O–H groups in total. The molecule has 0 heterocycles. The molecule has 0 amide bonds. The van der Waals surface area contributed by atoms with E-state index in [-0.39, 0.29) is 62.0 Å². The van der Waals surface area contributed by atoms with Gasteiger partial charge in [-0.25, -0.2) is 13.2 Å². The first-order chi connectivity index (χ1) is 6.93. The van der Waals surface area contributed by atoms with E-state index in [2.05, 4.69) is 9.47 Å². The molecule has 1 aromatic rings. The Morgan fingerprint density at radius 1 is 1.25 bits per heavy atom. The van der Waals surface area contributed by atoms with Crippen LogP contribution in [0.2, 0.25) is 0 Å². The van der Waals surface area contributed by atoms with Gasteiger partial charge in [0, 0.05) is 0 Å². The summed E-state index contributed by atoms with van der Waals surface area (Å²) in [6.45, 7) is 0. The zero-order valence-electron chi connectivity index (χ0n) is 8.67. The van der Waals surface area contributed by atoms with Crippen LogP contribution >= 0.6 is 0 Å². The van der Waals surface area contributed by atoms with Crippen molar-refractivity contribution in [3.63, 3.8) is 0 Å². The summed E-state index contributed by atoms with van der Waals surface area (Å²) in [5.74, 6) is 0.0919. The molecule has 1 rings (SSSR count). The maximum Gasteiger partial charge on any atom is 1.00 e. The smallest absolute Gasteiger partial charge is 0.744 e. The van der Waals surface area contributed by atoms with E-state index in [0.717, 1.165) is 19.2 Å². The topological polar surface area (TPSA) is 92.7 Å². The fourth-order valence-electron chi connectivity index (χ4n) is 0.812. The van der Waals surface area contributed by atoms with Crippen molar-refractivity contribution in [2.45, 2.75) is 4.90 Å². The first kappa shape index (κ1) is 16.0. The van der Waals surface area contributed by atoms with Gasteiger partial charge in [-0.2, -0.15) is 0 Å². The van der Waals surface area contributed by atoms with Crippen LogP contribution in [0.5, 0.6) is 5.75 Å². The number of carbonyl (C=O) groups excluding carboxylic acids is 1. The van der Waals surface area contributed by atoms with Gasteiger partial charge in [0.05, 0.1) is 12.0 Å². The Balaban J connectivity index is 0.00000225. The molecule has 0 saturated heterocycles. The molecule has 16 heavy (non-hydrogen) atoms. The van der Waals surface area contributed by atoms with Gasteiger partial charge in [-0.3, -0.25) is 0 Å². The van der Waals surface area contributed by atoms with Crippen LogP contribution in [-0.2, 0) is 14.9 Å². The molecule has 0 saturated carbocycles. The average Bonchev–Trinajstić information content (AvgIpc) is 2.17. The fraction of sp³-hybridized carbons (Fsp3) is 0.125. The maximum absolute atomic E-state index is 10.6. The molecule has 0 spiro atoms. The summed E-state index contributed by atoms with van der Waals surface area (Å²) in [6.07, 6.45) is -0.923. The van der Waals surface area contributed by atoms with Gasteiger partial charge in [0.2, 0.25) is 0 Å². The third-order valence-corrected chi connectivity index (χ3v) is 2.33. The summed E-state index contributed by atoms with van der Waals surface area (Å²) in [5.41, 5.74) is 0. The standard InChI is InChI=1S/C8H8O6S.K/c1-13-8(9)14-6-2-4-7(5-3-6)15(10,11)12;/h2-5H,1H3,(H,10,11,12);/q;+1/p-1. The van der Waals surface area contributed by atoms with Gasteiger partial charge in [0.25, 0.3) is 0 Å². The first-order valence-electron chi connectivity index (χ1n) is 3.75. The van der Waals surface area contributed by atoms with Crippen molar-refractivity contribution in [2.24, 2.45) is 0 Å². The third kappa shape index (κ3) is 4.91. The number of carbonyl (C=O) groups is 1. The number of benzene rings is 1. The molecule has 82 valence electrons. The van der Waals surface area contributed by atoms with Crippen LogP contribution in [0.25, 0.3) is 0 Å². The molecular formula is C8H7KO6S. The van der Waals surface area contributed by atoms with E-state index in [0.29, 0.717) is 0 Å². The molecular weight excluding hydrogens is 263 g/mol. The number of hydrogen-bond acceptors (Lipinski definition) is 6. The number of methoxy groups -OCH3 is 1. The van der Waals surface area contributed by atoms with Crippen LogP contribution in [0, 0.1) is 0 Å². The van der Waals surface area contributed by atoms with Gasteiger partial charge in [-0.1, -0.05) is 0 Å². The minimum absolute atomic E-state index is 0. The second-order valence-corrected chi connectivity index (χ2v) is 3.86. The Kier molecular flexibility index (Phi) is 6.71. The van der Waals surface area contributed by atoms with Gasteiger partial charge < -0.3 is 14.0 Å². The van der Waals surface area contributed by atoms with Crippen molar-refractivity contribution >= 4 is 16.3 Å². The zero-order valence-corrected chi connectivity index (χ0v) is 12.6. The Hall–Kier alpha value is 0.0364. The minimum atomic E-state index is -4.48. The van der Waals surface area contributed by atoms with E-state index in [1.807, 2.05) is 0 Å². The van der Waals surface area contributed by atoms with E-state index < -0.39 is 16.3 Å². The van der Waals surface area contributed by atoms with E-state index in [1.54, 1.807) is 0 Å². The van der Waals surface area contributed by atoms with E-state index in [9.17, 15) is 17.8 Å². The minimum Gasteiger partial charge on any atom is -0.744 e. The zero-order chi connectivity index (χ0) is 11.5. The van der Waals surface area contributed by atoms with Crippen molar-refractivity contribution in [3.8, 4) is 5.75 Å². The van der Waals surface area contributed by atoms with E-state index >= 15 is 0 Å². The van der Waals surface area contributed by atoms with Gasteiger partial charge in [-0.05, 0) is 24.3 Å². The Bertz CT molecular complexity index is 452. The van der Waals surface area contributed by atoms with Crippen LogP contribution in [0.1, 0.15) is 0 Å². The van der Waals surface area contributed by atoms with Gasteiger partial charge in [0.1, 0.15) is 15.9 Å². The van der Waals surface area contributed by atoms with Crippen molar-refractivity contribution in [3.05, 3.63) is 24.3 Å². The Labute approximate surface area is 135 Å². The largest absolute Gasteiger partial charge is 1.00 e. The number of rotatable bonds is 2. The van der Waals surface area contributed by atoms with Crippen molar-refractivity contribution in [2.75, 3.05) is 7.11 Å². The molecule has 0 unspecified atom stereocenters. The van der Waals surface area contributed by atoms with E-state index in [1.165, 1.54) is 12.1 Å². The number of ether oxygens (including phenoxy) is 2. The molecule has 0 aliphatic carbocycles. The molecule has 8 heteroatoms. The number of hydrogen-bond donors (Lipinski definition) is 0. The summed E-state index contributed by atoms with van der Waals surface area (Å²) < 4.78 is 40.4. The normalized spacial score (nSPS) is 10.1. The van der Waals surface area contributed by atoms with Crippen molar-refractivity contribution in [1.29, 1.82) is 0 Å². The third-order valence-electron chi connectivity index (χ3n) is 1.48. The molecule has 0 bridgehead atoms. The first-order valence-corrected chi connectivity index (χ1v) is 5.16. The van der Waals surface area contributed by atoms with Crippen molar-refractivity contribution in [1.82, 2.24) is 0 Å². The molecule has 0 aliphatic rings. The van der Waals surface area contributed by atoms with Gasteiger partial charge >= 0.3 is 57.5 Å². The summed E-state index contributed by atoms with van der Waals surface area (Å²) in [6, 6.07) is 4.45. The predicted octanol–water partition coefficient (Wildman–Crippen LogP) is -2.26. The van der Waals surface area contributed by atoms with Crippen LogP contribution < -0.4 is 56.1 Å². The predicted molar refractivity (Wildman–Crippen MR) is 47.4 cm³/mol. The second kappa shape index (κ2) is 6.69. The monoisotopic (exact) mass is 270 g/mol. The Morgan fingerprint density at radius 2 is 1.75 bits per heavy atom. The summed E-state index contributed by atoms with van der Waals surface area (Å²) in [4.78, 5) is 10.2. The van der Waals surface area contributed by atoms with Crippen LogP contribution in [-0.4, -0.2) is 26.2 Å². The molecule has 0 aliphatic heterocycles.